The van der Waals surface area contributed by atoms with Gasteiger partial charge in [-0.3, -0.25) is 4.90 Å². The second-order valence-electron chi connectivity index (χ2n) is 4.44. The van der Waals surface area contributed by atoms with E-state index in [1.54, 1.807) is 0 Å². The topological polar surface area (TPSA) is 64.5 Å². The largest absolute Gasteiger partial charge is 0.373 e. The summed E-state index contributed by atoms with van der Waals surface area (Å²) in [5, 5.41) is 3.88. The molecule has 0 amide bonds. The third-order valence-corrected chi connectivity index (χ3v) is 2.69. The molecule has 1 aliphatic heterocycles. The van der Waals surface area contributed by atoms with Gasteiger partial charge in [-0.25, -0.2) is 0 Å². The van der Waals surface area contributed by atoms with E-state index in [9.17, 15) is 0 Å². The van der Waals surface area contributed by atoms with E-state index in [-0.39, 0.29) is 12.2 Å². The van der Waals surface area contributed by atoms with Gasteiger partial charge in [-0.1, -0.05) is 5.16 Å². The van der Waals surface area contributed by atoms with Gasteiger partial charge in [-0.15, -0.1) is 0 Å². The molecule has 1 aromatic rings. The SMILES string of the molecule is CC1CN(Cc2cc(CN)no2)CC(C)O1. The normalized spacial score (nSPS) is 27.2. The second-order valence-corrected chi connectivity index (χ2v) is 4.44. The van der Waals surface area contributed by atoms with Crippen LogP contribution in [0.4, 0.5) is 0 Å². The number of aromatic nitrogens is 1. The molecule has 0 aliphatic carbocycles. The number of hydrogen-bond acceptors (Lipinski definition) is 5. The molecule has 1 saturated heterocycles. The highest BCUT2D eigenvalue weighted by Gasteiger charge is 2.23. The summed E-state index contributed by atoms with van der Waals surface area (Å²) in [5.74, 6) is 0.877. The van der Waals surface area contributed by atoms with Crippen LogP contribution in [0, 0.1) is 0 Å². The average molecular weight is 225 g/mol. The summed E-state index contributed by atoms with van der Waals surface area (Å²) in [5.41, 5.74) is 6.29. The van der Waals surface area contributed by atoms with E-state index >= 15 is 0 Å². The monoisotopic (exact) mass is 225 g/mol. The Morgan fingerprint density at radius 1 is 1.44 bits per heavy atom. The molecule has 1 aliphatic rings. The van der Waals surface area contributed by atoms with Crippen molar-refractivity contribution < 1.29 is 9.26 Å². The van der Waals surface area contributed by atoms with E-state index in [0.717, 1.165) is 31.1 Å². The summed E-state index contributed by atoms with van der Waals surface area (Å²) >= 11 is 0. The fourth-order valence-electron chi connectivity index (χ4n) is 2.16. The lowest BCUT2D eigenvalue weighted by molar-refractivity contribution is -0.0721. The van der Waals surface area contributed by atoms with Crippen molar-refractivity contribution in [3.05, 3.63) is 17.5 Å². The molecule has 90 valence electrons. The average Bonchev–Trinajstić information content (AvgIpc) is 2.64. The van der Waals surface area contributed by atoms with Crippen molar-refractivity contribution in [1.29, 1.82) is 0 Å². The van der Waals surface area contributed by atoms with Crippen LogP contribution >= 0.6 is 0 Å². The van der Waals surface area contributed by atoms with Gasteiger partial charge in [0.05, 0.1) is 24.4 Å². The minimum absolute atomic E-state index is 0.278. The molecule has 16 heavy (non-hydrogen) atoms. The number of ether oxygens (including phenoxy) is 1. The van der Waals surface area contributed by atoms with E-state index in [1.165, 1.54) is 0 Å². The first-order valence-electron chi connectivity index (χ1n) is 5.69. The van der Waals surface area contributed by atoms with Crippen molar-refractivity contribution in [2.75, 3.05) is 13.1 Å². The molecule has 0 bridgehead atoms. The number of hydrogen-bond donors (Lipinski definition) is 1. The molecule has 0 spiro atoms. The molecule has 1 fully saturated rings. The van der Waals surface area contributed by atoms with Crippen molar-refractivity contribution in [1.82, 2.24) is 10.1 Å². The van der Waals surface area contributed by atoms with Gasteiger partial charge in [-0.2, -0.15) is 0 Å². The first kappa shape index (κ1) is 11.6. The quantitative estimate of drug-likeness (QED) is 0.822. The third kappa shape index (κ3) is 2.81. The maximum Gasteiger partial charge on any atom is 0.151 e. The summed E-state index contributed by atoms with van der Waals surface area (Å²) in [4.78, 5) is 2.32. The molecule has 0 radical (unpaired) electrons. The zero-order valence-electron chi connectivity index (χ0n) is 9.85. The summed E-state index contributed by atoms with van der Waals surface area (Å²) in [7, 11) is 0. The molecule has 0 saturated carbocycles. The van der Waals surface area contributed by atoms with E-state index in [1.807, 2.05) is 6.07 Å². The van der Waals surface area contributed by atoms with Gasteiger partial charge in [0.25, 0.3) is 0 Å². The Hall–Kier alpha value is -0.910. The Balaban J connectivity index is 1.93. The number of rotatable bonds is 3. The molecule has 1 aromatic heterocycles. The lowest BCUT2D eigenvalue weighted by atomic mass is 10.2. The number of morpholine rings is 1. The van der Waals surface area contributed by atoms with Crippen molar-refractivity contribution in [2.45, 2.75) is 39.1 Å². The first-order chi connectivity index (χ1) is 7.67. The Labute approximate surface area is 95.5 Å². The third-order valence-electron chi connectivity index (χ3n) is 2.69. The molecule has 5 nitrogen and oxygen atoms in total. The maximum atomic E-state index is 5.67. The summed E-state index contributed by atoms with van der Waals surface area (Å²) in [6.07, 6.45) is 0.557. The molecular formula is C11H19N3O2. The van der Waals surface area contributed by atoms with Crippen molar-refractivity contribution in [2.24, 2.45) is 5.73 Å². The van der Waals surface area contributed by atoms with Crippen LogP contribution in [0.5, 0.6) is 0 Å². The van der Waals surface area contributed by atoms with Crippen LogP contribution in [0.1, 0.15) is 25.3 Å². The van der Waals surface area contributed by atoms with Crippen molar-refractivity contribution >= 4 is 0 Å². The standard InChI is InChI=1S/C11H19N3O2/c1-8-5-14(6-9(2)15-8)7-11-3-10(4-12)13-16-11/h3,8-9H,4-7,12H2,1-2H3. The van der Waals surface area contributed by atoms with Crippen molar-refractivity contribution in [3.63, 3.8) is 0 Å². The van der Waals surface area contributed by atoms with Gasteiger partial charge < -0.3 is 15.0 Å². The van der Waals surface area contributed by atoms with Crippen LogP contribution in [-0.2, 0) is 17.8 Å². The fourth-order valence-corrected chi connectivity index (χ4v) is 2.16. The molecular weight excluding hydrogens is 206 g/mol. The van der Waals surface area contributed by atoms with E-state index in [0.29, 0.717) is 6.54 Å². The molecule has 2 unspecified atom stereocenters. The molecule has 2 rings (SSSR count). The number of nitrogens with zero attached hydrogens (tertiary/aromatic N) is 2. The van der Waals surface area contributed by atoms with E-state index in [2.05, 4.69) is 23.9 Å². The highest BCUT2D eigenvalue weighted by atomic mass is 16.5. The van der Waals surface area contributed by atoms with Gasteiger partial charge in [0.1, 0.15) is 0 Å². The summed E-state index contributed by atoms with van der Waals surface area (Å²) in [6.45, 7) is 7.26. The summed E-state index contributed by atoms with van der Waals surface area (Å²) < 4.78 is 10.9. The predicted octanol–water partition coefficient (Wildman–Crippen LogP) is 0.743. The van der Waals surface area contributed by atoms with Crippen LogP contribution in [0.15, 0.2) is 10.6 Å². The number of nitrogens with two attached hydrogens (primary N) is 1. The Kier molecular flexibility index (Phi) is 3.58. The van der Waals surface area contributed by atoms with Gasteiger partial charge in [-0.05, 0) is 13.8 Å². The molecule has 0 aromatic carbocycles. The lowest BCUT2D eigenvalue weighted by Crippen LogP contribution is -2.44. The Morgan fingerprint density at radius 2 is 2.12 bits per heavy atom. The molecule has 2 N–H and O–H groups in total. The molecule has 5 heteroatoms. The fraction of sp³-hybridized carbons (Fsp3) is 0.727. The van der Waals surface area contributed by atoms with Gasteiger partial charge in [0.15, 0.2) is 5.76 Å². The summed E-state index contributed by atoms with van der Waals surface area (Å²) in [6, 6.07) is 1.92. The first-order valence-corrected chi connectivity index (χ1v) is 5.69. The smallest absolute Gasteiger partial charge is 0.151 e. The van der Waals surface area contributed by atoms with Gasteiger partial charge in [0, 0.05) is 25.7 Å². The van der Waals surface area contributed by atoms with Crippen LogP contribution in [0.25, 0.3) is 0 Å². The van der Waals surface area contributed by atoms with Crippen LogP contribution in [-0.4, -0.2) is 35.4 Å². The van der Waals surface area contributed by atoms with Crippen molar-refractivity contribution in [3.8, 4) is 0 Å². The van der Waals surface area contributed by atoms with Gasteiger partial charge in [0.2, 0.25) is 0 Å². The minimum Gasteiger partial charge on any atom is -0.373 e. The Morgan fingerprint density at radius 3 is 2.69 bits per heavy atom. The molecule has 2 heterocycles. The predicted molar refractivity (Wildman–Crippen MR) is 59.7 cm³/mol. The minimum atomic E-state index is 0.278. The highest BCUT2D eigenvalue weighted by Crippen LogP contribution is 2.14. The second kappa shape index (κ2) is 4.95. The molecule has 2 atom stereocenters. The highest BCUT2D eigenvalue weighted by molar-refractivity contribution is 5.04. The van der Waals surface area contributed by atoms with Gasteiger partial charge >= 0.3 is 0 Å². The van der Waals surface area contributed by atoms with E-state index in [4.69, 9.17) is 15.0 Å². The maximum absolute atomic E-state index is 5.67. The zero-order chi connectivity index (χ0) is 11.5. The lowest BCUT2D eigenvalue weighted by Gasteiger charge is -2.34. The van der Waals surface area contributed by atoms with Crippen LogP contribution in [0.3, 0.4) is 0 Å². The zero-order valence-corrected chi connectivity index (χ0v) is 9.85. The van der Waals surface area contributed by atoms with Crippen LogP contribution in [0.2, 0.25) is 0 Å². The van der Waals surface area contributed by atoms with Crippen LogP contribution < -0.4 is 5.73 Å². The Bertz CT molecular complexity index is 330. The van der Waals surface area contributed by atoms with E-state index < -0.39 is 0 Å².